The number of rotatable bonds is 13. The quantitative estimate of drug-likeness (QED) is 0.219. The summed E-state index contributed by atoms with van der Waals surface area (Å²) in [5, 5.41) is 10.4. The van der Waals surface area contributed by atoms with Crippen LogP contribution in [0, 0.1) is 0 Å². The van der Waals surface area contributed by atoms with Crippen molar-refractivity contribution < 1.29 is 9.84 Å². The van der Waals surface area contributed by atoms with Crippen molar-refractivity contribution in [3.8, 4) is 11.5 Å². The van der Waals surface area contributed by atoms with E-state index < -0.39 is 0 Å². The van der Waals surface area contributed by atoms with Gasteiger partial charge in [-0.25, -0.2) is 0 Å². The van der Waals surface area contributed by atoms with Gasteiger partial charge in [0.05, 0.1) is 11.5 Å². The van der Waals surface area contributed by atoms with E-state index in [1.54, 1.807) is 6.07 Å². The molecule has 0 fully saturated rings. The van der Waals surface area contributed by atoms with Crippen molar-refractivity contribution in [2.24, 2.45) is 0 Å². The molecule has 0 aliphatic carbocycles. The molecule has 3 heteroatoms. The Labute approximate surface area is 175 Å². The number of phenols is 1. The zero-order chi connectivity index (χ0) is 20.2. The number of hydrogen-bond acceptors (Lipinski definition) is 3. The number of aryl methyl sites for hydroxylation is 1. The molecule has 2 aromatic rings. The van der Waals surface area contributed by atoms with Gasteiger partial charge in [0.2, 0.25) is 0 Å². The summed E-state index contributed by atoms with van der Waals surface area (Å²) in [5.41, 5.74) is 3.00. The van der Waals surface area contributed by atoms with Crippen molar-refractivity contribution in [1.29, 1.82) is 0 Å². The van der Waals surface area contributed by atoms with Crippen molar-refractivity contribution in [2.75, 3.05) is 6.61 Å². The first-order valence-corrected chi connectivity index (χ1v) is 11.2. The largest absolute Gasteiger partial charge is 0.507 e. The highest BCUT2D eigenvalue weighted by Crippen LogP contribution is 2.27. The second kappa shape index (κ2) is 12.6. The van der Waals surface area contributed by atoms with Crippen molar-refractivity contribution >= 4 is 17.1 Å². The van der Waals surface area contributed by atoms with Crippen LogP contribution in [-0.2, 0) is 6.42 Å². The Hall–Kier alpha value is -1.87. The molecule has 0 heterocycles. The number of ether oxygens (including phenoxy) is 1. The molecule has 0 amide bonds. The zero-order valence-electron chi connectivity index (χ0n) is 17.4. The zero-order valence-corrected chi connectivity index (χ0v) is 18.2. The van der Waals surface area contributed by atoms with E-state index in [-0.39, 0.29) is 5.75 Å². The molecule has 0 aliphatic rings. The van der Waals surface area contributed by atoms with E-state index in [9.17, 15) is 5.11 Å². The maximum Gasteiger partial charge on any atom is 0.127 e. The minimum Gasteiger partial charge on any atom is -0.507 e. The highest BCUT2D eigenvalue weighted by molar-refractivity contribution is 7.81. The molecule has 0 unspecified atom stereocenters. The van der Waals surface area contributed by atoms with E-state index in [2.05, 4.69) is 38.1 Å². The van der Waals surface area contributed by atoms with Crippen LogP contribution < -0.4 is 4.74 Å². The lowest BCUT2D eigenvalue weighted by molar-refractivity contribution is 0.307. The third-order valence-electron chi connectivity index (χ3n) is 5.02. The summed E-state index contributed by atoms with van der Waals surface area (Å²) in [6, 6.07) is 13.8. The number of thiocarbonyl (C=S) groups is 1. The standard InChI is InChI=1S/C25H34O2S/c1-3-5-7-8-9-10-11-20-12-14-21(15-13-20)25(28)23-17-16-22(19-24(23)26)27-18-6-4-2/h12-17,19,26H,3-11,18H2,1-2H3. The van der Waals surface area contributed by atoms with Crippen LogP contribution in [0.2, 0.25) is 0 Å². The van der Waals surface area contributed by atoms with Crippen molar-refractivity contribution in [3.63, 3.8) is 0 Å². The first kappa shape index (κ1) is 22.4. The third-order valence-corrected chi connectivity index (χ3v) is 5.47. The summed E-state index contributed by atoms with van der Waals surface area (Å²) in [6.45, 7) is 5.04. The van der Waals surface area contributed by atoms with E-state index in [0.29, 0.717) is 22.8 Å². The molecular weight excluding hydrogens is 364 g/mol. The summed E-state index contributed by atoms with van der Waals surface area (Å²) in [7, 11) is 0. The molecule has 28 heavy (non-hydrogen) atoms. The molecule has 0 bridgehead atoms. The first-order valence-electron chi connectivity index (χ1n) is 10.7. The Morgan fingerprint density at radius 3 is 2.21 bits per heavy atom. The lowest BCUT2D eigenvalue weighted by Crippen LogP contribution is -2.02. The first-order chi connectivity index (χ1) is 13.7. The Morgan fingerprint density at radius 2 is 1.54 bits per heavy atom. The average Bonchev–Trinajstić information content (AvgIpc) is 2.71. The van der Waals surface area contributed by atoms with Gasteiger partial charge < -0.3 is 9.84 Å². The van der Waals surface area contributed by atoms with Crippen LogP contribution in [0.1, 0.15) is 81.9 Å². The molecule has 0 saturated carbocycles. The van der Waals surface area contributed by atoms with Gasteiger partial charge in [-0.05, 0) is 42.5 Å². The minimum atomic E-state index is 0.176. The van der Waals surface area contributed by atoms with Crippen LogP contribution in [-0.4, -0.2) is 16.6 Å². The minimum absolute atomic E-state index is 0.176. The van der Waals surface area contributed by atoms with Gasteiger partial charge in [-0.2, -0.15) is 0 Å². The molecule has 0 radical (unpaired) electrons. The second-order valence-electron chi connectivity index (χ2n) is 7.42. The fourth-order valence-electron chi connectivity index (χ4n) is 3.22. The fraction of sp³-hybridized carbons (Fsp3) is 0.480. The number of aromatic hydroxyl groups is 1. The lowest BCUT2D eigenvalue weighted by Gasteiger charge is -2.11. The maximum absolute atomic E-state index is 10.4. The van der Waals surface area contributed by atoms with Gasteiger partial charge in [0, 0.05) is 11.6 Å². The Balaban J connectivity index is 1.89. The van der Waals surface area contributed by atoms with Gasteiger partial charge in [-0.15, -0.1) is 0 Å². The second-order valence-corrected chi connectivity index (χ2v) is 7.83. The summed E-state index contributed by atoms with van der Waals surface area (Å²) >= 11 is 5.61. The Bertz CT molecular complexity index is 722. The van der Waals surface area contributed by atoms with Gasteiger partial charge in [0.1, 0.15) is 11.5 Å². The molecule has 0 aromatic heterocycles. The molecule has 0 saturated heterocycles. The van der Waals surface area contributed by atoms with Crippen molar-refractivity contribution in [3.05, 3.63) is 59.2 Å². The summed E-state index contributed by atoms with van der Waals surface area (Å²) in [6.07, 6.45) is 11.1. The normalized spacial score (nSPS) is 10.8. The SMILES string of the molecule is CCCCCCCCc1ccc(C(=S)c2ccc(OCCCC)cc2O)cc1. The lowest BCUT2D eigenvalue weighted by atomic mass is 10.00. The Morgan fingerprint density at radius 1 is 0.857 bits per heavy atom. The number of hydrogen-bond donors (Lipinski definition) is 1. The maximum atomic E-state index is 10.4. The van der Waals surface area contributed by atoms with Crippen molar-refractivity contribution in [2.45, 2.75) is 71.6 Å². The molecule has 2 aromatic carbocycles. The van der Waals surface area contributed by atoms with E-state index in [0.717, 1.165) is 24.8 Å². The molecule has 0 spiro atoms. The monoisotopic (exact) mass is 398 g/mol. The topological polar surface area (TPSA) is 29.5 Å². The van der Waals surface area contributed by atoms with Crippen LogP contribution in [0.3, 0.4) is 0 Å². The average molecular weight is 399 g/mol. The Kier molecular flexibility index (Phi) is 10.1. The van der Waals surface area contributed by atoms with Crippen molar-refractivity contribution in [1.82, 2.24) is 0 Å². The summed E-state index contributed by atoms with van der Waals surface area (Å²) in [4.78, 5) is 0.670. The van der Waals surface area contributed by atoms with Crippen LogP contribution >= 0.6 is 12.2 Å². The molecule has 152 valence electrons. The van der Waals surface area contributed by atoms with Gasteiger partial charge in [-0.3, -0.25) is 0 Å². The number of phenolic OH excluding ortho intramolecular Hbond substituents is 1. The molecule has 2 rings (SSSR count). The van der Waals surface area contributed by atoms with E-state index >= 15 is 0 Å². The smallest absolute Gasteiger partial charge is 0.127 e. The number of benzene rings is 2. The van der Waals surface area contributed by atoms with Gasteiger partial charge in [0.15, 0.2) is 0 Å². The number of unbranched alkanes of at least 4 members (excludes halogenated alkanes) is 6. The van der Waals surface area contributed by atoms with Crippen LogP contribution in [0.4, 0.5) is 0 Å². The summed E-state index contributed by atoms with van der Waals surface area (Å²) in [5.74, 6) is 0.863. The van der Waals surface area contributed by atoms with E-state index in [1.165, 1.54) is 44.1 Å². The highest BCUT2D eigenvalue weighted by Gasteiger charge is 2.11. The third kappa shape index (κ3) is 7.27. The van der Waals surface area contributed by atoms with E-state index in [1.807, 2.05) is 12.1 Å². The van der Waals surface area contributed by atoms with Crippen LogP contribution in [0.15, 0.2) is 42.5 Å². The van der Waals surface area contributed by atoms with E-state index in [4.69, 9.17) is 17.0 Å². The molecule has 2 nitrogen and oxygen atoms in total. The molecular formula is C25H34O2S. The fourth-order valence-corrected chi connectivity index (χ4v) is 3.52. The van der Waals surface area contributed by atoms with Gasteiger partial charge >= 0.3 is 0 Å². The molecule has 0 aliphatic heterocycles. The predicted octanol–water partition coefficient (Wildman–Crippen LogP) is 7.24. The van der Waals surface area contributed by atoms with Crippen LogP contribution in [0.5, 0.6) is 11.5 Å². The van der Waals surface area contributed by atoms with Gasteiger partial charge in [-0.1, -0.05) is 88.9 Å². The molecule has 1 N–H and O–H groups in total. The van der Waals surface area contributed by atoms with Crippen LogP contribution in [0.25, 0.3) is 0 Å². The highest BCUT2D eigenvalue weighted by atomic mass is 32.1. The summed E-state index contributed by atoms with van der Waals surface area (Å²) < 4.78 is 5.65. The molecule has 0 atom stereocenters. The van der Waals surface area contributed by atoms with Gasteiger partial charge in [0.25, 0.3) is 0 Å². The predicted molar refractivity (Wildman–Crippen MR) is 123 cm³/mol.